The van der Waals surface area contributed by atoms with Gasteiger partial charge >= 0.3 is 0 Å². The number of piperazine rings is 2. The van der Waals surface area contributed by atoms with Crippen molar-refractivity contribution in [3.05, 3.63) is 113 Å². The van der Waals surface area contributed by atoms with Crippen LogP contribution in [0, 0.1) is 23.5 Å². The van der Waals surface area contributed by atoms with Crippen molar-refractivity contribution in [2.45, 2.75) is 25.7 Å². The van der Waals surface area contributed by atoms with E-state index in [-0.39, 0.29) is 44.7 Å². The molecule has 4 aromatic carbocycles. The van der Waals surface area contributed by atoms with Crippen LogP contribution < -0.4 is 30.3 Å². The van der Waals surface area contributed by atoms with Gasteiger partial charge in [0.05, 0.1) is 30.4 Å². The number of isothiocyanates is 1. The molecule has 4 aliphatic rings. The van der Waals surface area contributed by atoms with Crippen molar-refractivity contribution in [2.75, 3.05) is 106 Å². The molecule has 0 spiro atoms. The molecular weight excluding hydrogens is 947 g/mol. The van der Waals surface area contributed by atoms with Gasteiger partial charge in [0.15, 0.2) is 34.0 Å². The van der Waals surface area contributed by atoms with E-state index in [0.29, 0.717) is 10.7 Å². The number of hydrogen-bond donors (Lipinski definition) is 2. The molecule has 3 heterocycles. The molecule has 2 aliphatic carbocycles. The fourth-order valence-electron chi connectivity index (χ4n) is 7.78. The van der Waals surface area contributed by atoms with Crippen LogP contribution in [0.15, 0.2) is 89.9 Å². The number of nitrogens with two attached hydrogens (primary N) is 1. The molecule has 12 nitrogen and oxygen atoms in total. The third-order valence-electron chi connectivity index (χ3n) is 11.9. The summed E-state index contributed by atoms with van der Waals surface area (Å²) in [7, 11) is 2.76. The number of halogens is 3. The number of ketones is 2. The Bertz CT molecular complexity index is 2470. The van der Waals surface area contributed by atoms with Crippen molar-refractivity contribution < 1.29 is 27.8 Å². The third kappa shape index (κ3) is 13.6. The molecule has 0 atom stereocenters. The highest BCUT2D eigenvalue weighted by Gasteiger charge is 2.28. The third-order valence-corrected chi connectivity index (χ3v) is 13.5. The lowest BCUT2D eigenvalue weighted by Gasteiger charge is -2.36. The van der Waals surface area contributed by atoms with Gasteiger partial charge in [0, 0.05) is 93.6 Å². The summed E-state index contributed by atoms with van der Waals surface area (Å²) < 4.78 is 36.7. The minimum atomic E-state index is -0.598. The van der Waals surface area contributed by atoms with E-state index < -0.39 is 11.6 Å². The zero-order valence-corrected chi connectivity index (χ0v) is 40.4. The quantitative estimate of drug-likeness (QED) is 0.0449. The highest BCUT2D eigenvalue weighted by Crippen LogP contribution is 2.33. The van der Waals surface area contributed by atoms with E-state index >= 15 is 0 Å². The number of thiazole rings is 1. The number of anilines is 5. The first-order valence-corrected chi connectivity index (χ1v) is 24.5. The van der Waals surface area contributed by atoms with E-state index in [4.69, 9.17) is 15.2 Å². The number of aliphatic imine (C=N–C) groups is 1. The maximum absolute atomic E-state index is 14.0. The van der Waals surface area contributed by atoms with Crippen LogP contribution in [-0.2, 0) is 0 Å². The summed E-state index contributed by atoms with van der Waals surface area (Å²) >= 11 is 8.77. The molecule has 5 aromatic rings. The molecule has 0 unspecified atom stereocenters. The number of Topliss-reactive ketones (excluding diaryl/α,β-unsaturated/α-hetero) is 1. The maximum Gasteiger partial charge on any atom is 0.206 e. The number of benzene rings is 4. The van der Waals surface area contributed by atoms with Gasteiger partial charge in [-0.2, -0.15) is 4.99 Å². The number of methoxy groups -OCH3 is 2. The predicted octanol–water partition coefficient (Wildman–Crippen LogP) is 9.74. The first-order valence-electron chi connectivity index (χ1n) is 22.1. The monoisotopic (exact) mass is 1000 g/mol. The van der Waals surface area contributed by atoms with Crippen LogP contribution in [0.1, 0.15) is 51.3 Å². The number of nitrogen functional groups attached to an aromatic ring is 1. The molecule has 3 N–H and O–H groups in total. The Kier molecular flexibility index (Phi) is 17.3. The number of thiocarbonyl (C=S) groups is 1. The van der Waals surface area contributed by atoms with Crippen LogP contribution in [0.4, 0.5) is 42.5 Å². The van der Waals surface area contributed by atoms with Gasteiger partial charge in [0.25, 0.3) is 0 Å². The van der Waals surface area contributed by atoms with Gasteiger partial charge in [-0.05, 0) is 135 Å². The molecular formula is C49H55BrF2N8O4S2. The summed E-state index contributed by atoms with van der Waals surface area (Å²) in [6.45, 7) is 11.5. The van der Waals surface area contributed by atoms with Gasteiger partial charge in [0.1, 0.15) is 10.7 Å². The first kappa shape index (κ1) is 48.6. The molecule has 2 saturated heterocycles. The zero-order valence-electron chi connectivity index (χ0n) is 37.2. The van der Waals surface area contributed by atoms with Crippen LogP contribution in [0.25, 0.3) is 0 Å². The van der Waals surface area contributed by atoms with Crippen LogP contribution >= 0.6 is 39.5 Å². The number of aromatic nitrogens is 1. The Labute approximate surface area is 402 Å². The number of ether oxygens (including phenoxy) is 2. The first-order chi connectivity index (χ1) is 32.0. The van der Waals surface area contributed by atoms with E-state index in [1.807, 2.05) is 24.3 Å². The van der Waals surface area contributed by atoms with Crippen LogP contribution in [0.5, 0.6) is 11.5 Å². The number of hydrogen-bond acceptors (Lipinski definition) is 14. The lowest BCUT2D eigenvalue weighted by atomic mass is 10.1. The molecule has 0 amide bonds. The van der Waals surface area contributed by atoms with Crippen LogP contribution in [0.2, 0.25) is 0 Å². The number of rotatable bonds is 15. The van der Waals surface area contributed by atoms with E-state index in [2.05, 4.69) is 92.5 Å². The fourth-order valence-corrected chi connectivity index (χ4v) is 9.08. The average Bonchev–Trinajstić information content (AvgIpc) is 4.30. The zero-order chi connectivity index (χ0) is 46.6. The standard InChI is InChI=1S/C25H28FN5O2S.C15H19N3S.C9H8BrFO2/c1-33-21-9-4-17(14-20(21)26)22(32)23-24(27)29-25(34-23)28-18-5-7-19(8-6-18)31-12-10-30(11-13-31)15-16-2-3-16;19-12-16-14-3-5-15(6-4-14)18-9-7-17(8-10-18)11-13-1-2-13;1-13-9-3-2-6(4-7(9)11)8(12)5-10/h4-9,14,16H,2-3,10-13,15,27H2,1H3,(H,28,29);3-6,13H,1-2,7-11H2;2-4H,5H2,1H3. The number of alkyl halides is 1. The van der Waals surface area contributed by atoms with Gasteiger partial charge < -0.3 is 30.3 Å². The average molecular weight is 1000 g/mol. The number of nitrogens with zero attached hydrogens (tertiary/aromatic N) is 6. The Hall–Kier alpha value is -5.29. The Morgan fingerprint density at radius 3 is 1.71 bits per heavy atom. The predicted molar refractivity (Wildman–Crippen MR) is 268 cm³/mol. The van der Waals surface area contributed by atoms with Crippen LogP contribution in [0.3, 0.4) is 0 Å². The van der Waals surface area contributed by atoms with Crippen molar-refractivity contribution >= 4 is 89.9 Å². The second-order valence-electron chi connectivity index (χ2n) is 16.7. The topological polar surface area (TPSA) is 129 Å². The SMILES string of the molecule is COc1ccc(C(=O)CBr)cc1F.COc1ccc(C(=O)c2sc(Nc3ccc(N4CCN(CC5CC5)CC4)cc3)nc2N)cc1F.S=C=Nc1ccc(N2CCN(CC3CC3)CC2)cc1. The van der Waals surface area contributed by atoms with Crippen molar-refractivity contribution in [3.63, 3.8) is 0 Å². The van der Waals surface area contributed by atoms with Gasteiger partial charge in [-0.3, -0.25) is 19.4 Å². The second kappa shape index (κ2) is 23.4. The molecule has 2 saturated carbocycles. The highest BCUT2D eigenvalue weighted by molar-refractivity contribution is 9.09. The molecule has 4 fully saturated rings. The van der Waals surface area contributed by atoms with E-state index in [1.54, 1.807) is 0 Å². The summed E-state index contributed by atoms with van der Waals surface area (Å²) in [6, 6.07) is 24.7. The maximum atomic E-state index is 14.0. The lowest BCUT2D eigenvalue weighted by molar-refractivity contribution is 0.102. The second-order valence-corrected chi connectivity index (χ2v) is 18.4. The number of carbonyl (C=O) groups excluding carboxylic acids is 2. The summed E-state index contributed by atoms with van der Waals surface area (Å²) in [5.74, 6) is 0.638. The van der Waals surface area contributed by atoms with Gasteiger partial charge in [-0.15, -0.1) is 0 Å². The molecule has 9 rings (SSSR count). The molecule has 17 heteroatoms. The highest BCUT2D eigenvalue weighted by atomic mass is 79.9. The Morgan fingerprint density at radius 2 is 1.26 bits per heavy atom. The minimum Gasteiger partial charge on any atom is -0.494 e. The molecule has 348 valence electrons. The minimum absolute atomic E-state index is 0.0831. The van der Waals surface area contributed by atoms with E-state index in [9.17, 15) is 18.4 Å². The van der Waals surface area contributed by atoms with Crippen molar-refractivity contribution in [1.82, 2.24) is 14.8 Å². The Balaban J connectivity index is 0.000000169. The summed E-state index contributed by atoms with van der Waals surface area (Å²) in [6.07, 6.45) is 5.69. The van der Waals surface area contributed by atoms with Gasteiger partial charge in [-0.1, -0.05) is 27.3 Å². The summed E-state index contributed by atoms with van der Waals surface area (Å²) in [5.41, 5.74) is 10.8. The molecule has 0 bridgehead atoms. The smallest absolute Gasteiger partial charge is 0.206 e. The van der Waals surface area contributed by atoms with Gasteiger partial charge in [0.2, 0.25) is 5.78 Å². The molecule has 66 heavy (non-hydrogen) atoms. The fraction of sp³-hybridized carbons (Fsp3) is 0.388. The molecule has 1 aromatic heterocycles. The lowest BCUT2D eigenvalue weighted by Crippen LogP contribution is -2.47. The van der Waals surface area contributed by atoms with E-state index in [1.165, 1.54) is 108 Å². The van der Waals surface area contributed by atoms with E-state index in [0.717, 1.165) is 79.9 Å². The number of nitrogens with one attached hydrogen (secondary N) is 1. The number of carbonyl (C=O) groups is 2. The van der Waals surface area contributed by atoms with Crippen molar-refractivity contribution in [2.24, 2.45) is 16.8 Å². The van der Waals surface area contributed by atoms with Crippen LogP contribution in [-0.4, -0.2) is 117 Å². The molecule has 2 aliphatic heterocycles. The van der Waals surface area contributed by atoms with Crippen molar-refractivity contribution in [1.29, 1.82) is 0 Å². The molecule has 0 radical (unpaired) electrons. The summed E-state index contributed by atoms with van der Waals surface area (Å²) in [4.78, 5) is 42.5. The summed E-state index contributed by atoms with van der Waals surface area (Å²) in [5, 5.41) is 6.33. The van der Waals surface area contributed by atoms with Crippen molar-refractivity contribution in [3.8, 4) is 11.5 Å². The Morgan fingerprint density at radius 1 is 0.773 bits per heavy atom. The largest absolute Gasteiger partial charge is 0.494 e. The van der Waals surface area contributed by atoms with Gasteiger partial charge in [-0.25, -0.2) is 13.8 Å². The normalized spacial score (nSPS) is 16.2.